The number of nitrogens with one attached hydrogen (secondary N) is 1. The van der Waals surface area contributed by atoms with Crippen LogP contribution in [0.4, 0.5) is 0 Å². The van der Waals surface area contributed by atoms with Gasteiger partial charge in [0.25, 0.3) is 0 Å². The van der Waals surface area contributed by atoms with E-state index < -0.39 is 0 Å². The molecule has 4 heteroatoms. The molecule has 0 aliphatic carbocycles. The summed E-state index contributed by atoms with van der Waals surface area (Å²) in [5, 5.41) is 4.17. The highest BCUT2D eigenvalue weighted by atomic mass is 35.5. The van der Waals surface area contributed by atoms with Crippen molar-refractivity contribution in [2.75, 3.05) is 13.7 Å². The minimum atomic E-state index is 0.177. The summed E-state index contributed by atoms with van der Waals surface area (Å²) in [6, 6.07) is 9.98. The van der Waals surface area contributed by atoms with E-state index in [-0.39, 0.29) is 6.04 Å². The van der Waals surface area contributed by atoms with Crippen LogP contribution in [-0.2, 0) is 6.42 Å². The van der Waals surface area contributed by atoms with Gasteiger partial charge in [0, 0.05) is 29.0 Å². The van der Waals surface area contributed by atoms with Crippen molar-refractivity contribution < 1.29 is 4.74 Å². The molecule has 1 atom stereocenters. The molecule has 106 valence electrons. The number of pyridine rings is 1. The zero-order valence-corrected chi connectivity index (χ0v) is 12.5. The molecule has 1 aromatic carbocycles. The Hall–Kier alpha value is -1.58. The maximum Gasteiger partial charge on any atom is 0.125 e. The molecule has 0 spiro atoms. The lowest BCUT2D eigenvalue weighted by molar-refractivity contribution is 0.399. The molecule has 20 heavy (non-hydrogen) atoms. The largest absolute Gasteiger partial charge is 0.496 e. The first kappa shape index (κ1) is 14.8. The van der Waals surface area contributed by atoms with Crippen LogP contribution >= 0.6 is 11.6 Å². The summed E-state index contributed by atoms with van der Waals surface area (Å²) in [6.45, 7) is 2.98. The highest BCUT2D eigenvalue weighted by Gasteiger charge is 2.16. The van der Waals surface area contributed by atoms with Crippen molar-refractivity contribution in [2.45, 2.75) is 19.4 Å². The molecule has 1 unspecified atom stereocenters. The van der Waals surface area contributed by atoms with E-state index in [9.17, 15) is 0 Å². The summed E-state index contributed by atoms with van der Waals surface area (Å²) in [6.07, 6.45) is 4.54. The standard InChI is InChI=1S/C16H19ClN2O/c1-3-19-15(9-12-5-4-8-18-11-12)14-7-6-13(17)10-16(14)20-2/h4-8,10-11,15,19H,3,9H2,1-2H3. The molecule has 1 aromatic heterocycles. The van der Waals surface area contributed by atoms with Gasteiger partial charge in [-0.15, -0.1) is 0 Å². The van der Waals surface area contributed by atoms with Gasteiger partial charge in [-0.1, -0.05) is 30.7 Å². The monoisotopic (exact) mass is 290 g/mol. The van der Waals surface area contributed by atoms with Gasteiger partial charge in [-0.25, -0.2) is 0 Å². The van der Waals surface area contributed by atoms with E-state index in [2.05, 4.69) is 23.3 Å². The first-order chi connectivity index (χ1) is 9.74. The third kappa shape index (κ3) is 3.71. The van der Waals surface area contributed by atoms with Crippen LogP contribution in [-0.4, -0.2) is 18.6 Å². The molecular formula is C16H19ClN2O. The van der Waals surface area contributed by atoms with E-state index in [0.29, 0.717) is 5.02 Å². The lowest BCUT2D eigenvalue weighted by Gasteiger charge is -2.21. The highest BCUT2D eigenvalue weighted by Crippen LogP contribution is 2.30. The second kappa shape index (κ2) is 7.27. The highest BCUT2D eigenvalue weighted by molar-refractivity contribution is 6.30. The Morgan fingerprint density at radius 2 is 2.20 bits per heavy atom. The summed E-state index contributed by atoms with van der Waals surface area (Å²) < 4.78 is 5.45. The van der Waals surface area contributed by atoms with E-state index >= 15 is 0 Å². The molecule has 0 fully saturated rings. The van der Waals surface area contributed by atoms with Crippen LogP contribution in [0, 0.1) is 0 Å². The Labute approximate surface area is 124 Å². The zero-order chi connectivity index (χ0) is 14.4. The van der Waals surface area contributed by atoms with Gasteiger partial charge in [-0.05, 0) is 36.7 Å². The molecule has 1 heterocycles. The molecule has 3 nitrogen and oxygen atoms in total. The topological polar surface area (TPSA) is 34.2 Å². The van der Waals surface area contributed by atoms with Gasteiger partial charge in [0.2, 0.25) is 0 Å². The van der Waals surface area contributed by atoms with Crippen LogP contribution in [0.1, 0.15) is 24.1 Å². The molecule has 0 aliphatic rings. The van der Waals surface area contributed by atoms with E-state index in [1.165, 1.54) is 5.56 Å². The quantitative estimate of drug-likeness (QED) is 0.882. The number of aromatic nitrogens is 1. The number of nitrogens with zero attached hydrogens (tertiary/aromatic N) is 1. The maximum atomic E-state index is 6.03. The fourth-order valence-corrected chi connectivity index (χ4v) is 2.43. The first-order valence-corrected chi connectivity index (χ1v) is 7.08. The summed E-state index contributed by atoms with van der Waals surface area (Å²) in [7, 11) is 1.67. The van der Waals surface area contributed by atoms with E-state index in [0.717, 1.165) is 24.3 Å². The zero-order valence-electron chi connectivity index (χ0n) is 11.8. The van der Waals surface area contributed by atoms with Crippen molar-refractivity contribution in [3.8, 4) is 5.75 Å². The Kier molecular flexibility index (Phi) is 5.39. The van der Waals surface area contributed by atoms with Crippen molar-refractivity contribution in [1.29, 1.82) is 0 Å². The number of methoxy groups -OCH3 is 1. The van der Waals surface area contributed by atoms with Gasteiger partial charge >= 0.3 is 0 Å². The summed E-state index contributed by atoms with van der Waals surface area (Å²) in [4.78, 5) is 4.17. The third-order valence-corrected chi connectivity index (χ3v) is 3.42. The normalized spacial score (nSPS) is 12.2. The van der Waals surface area contributed by atoms with Gasteiger partial charge in [0.15, 0.2) is 0 Å². The molecule has 0 radical (unpaired) electrons. The van der Waals surface area contributed by atoms with E-state index in [4.69, 9.17) is 16.3 Å². The SMILES string of the molecule is CCNC(Cc1cccnc1)c1ccc(Cl)cc1OC. The minimum Gasteiger partial charge on any atom is -0.496 e. The summed E-state index contributed by atoms with van der Waals surface area (Å²) in [5.41, 5.74) is 2.30. The molecule has 2 aromatic rings. The Morgan fingerprint density at radius 3 is 2.85 bits per heavy atom. The van der Waals surface area contributed by atoms with Crippen LogP contribution in [0.15, 0.2) is 42.7 Å². The number of hydrogen-bond donors (Lipinski definition) is 1. The molecule has 0 aliphatic heterocycles. The summed E-state index contributed by atoms with van der Waals surface area (Å²) in [5.74, 6) is 0.812. The minimum absolute atomic E-state index is 0.177. The Balaban J connectivity index is 2.28. The summed E-state index contributed by atoms with van der Waals surface area (Å²) >= 11 is 6.03. The lowest BCUT2D eigenvalue weighted by Crippen LogP contribution is -2.23. The fraction of sp³-hybridized carbons (Fsp3) is 0.312. The number of ether oxygens (including phenoxy) is 1. The molecule has 0 amide bonds. The lowest BCUT2D eigenvalue weighted by atomic mass is 9.99. The van der Waals surface area contributed by atoms with Gasteiger partial charge in [0.1, 0.15) is 5.75 Å². The van der Waals surface area contributed by atoms with Crippen molar-refractivity contribution in [3.05, 3.63) is 58.9 Å². The second-order valence-corrected chi connectivity index (χ2v) is 5.00. The smallest absolute Gasteiger partial charge is 0.125 e. The van der Waals surface area contributed by atoms with Gasteiger partial charge in [-0.2, -0.15) is 0 Å². The molecular weight excluding hydrogens is 272 g/mol. The van der Waals surface area contributed by atoms with Crippen LogP contribution in [0.5, 0.6) is 5.75 Å². The van der Waals surface area contributed by atoms with Crippen molar-refractivity contribution in [2.24, 2.45) is 0 Å². The van der Waals surface area contributed by atoms with Crippen LogP contribution in [0.2, 0.25) is 5.02 Å². The van der Waals surface area contributed by atoms with Gasteiger partial charge < -0.3 is 10.1 Å². The average Bonchev–Trinajstić information content (AvgIpc) is 2.48. The van der Waals surface area contributed by atoms with Crippen molar-refractivity contribution in [3.63, 3.8) is 0 Å². The fourth-order valence-electron chi connectivity index (χ4n) is 2.27. The van der Waals surface area contributed by atoms with E-state index in [1.807, 2.05) is 30.5 Å². The maximum absolute atomic E-state index is 6.03. The average molecular weight is 291 g/mol. The predicted molar refractivity (Wildman–Crippen MR) is 82.4 cm³/mol. The number of benzene rings is 1. The van der Waals surface area contributed by atoms with Crippen LogP contribution in [0.3, 0.4) is 0 Å². The van der Waals surface area contributed by atoms with Crippen molar-refractivity contribution >= 4 is 11.6 Å². The van der Waals surface area contributed by atoms with E-state index in [1.54, 1.807) is 13.3 Å². The van der Waals surface area contributed by atoms with Crippen LogP contribution in [0.25, 0.3) is 0 Å². The molecule has 0 bridgehead atoms. The molecule has 1 N–H and O–H groups in total. The number of halogens is 1. The van der Waals surface area contributed by atoms with Gasteiger partial charge in [0.05, 0.1) is 7.11 Å². The van der Waals surface area contributed by atoms with Crippen molar-refractivity contribution in [1.82, 2.24) is 10.3 Å². The van der Waals surface area contributed by atoms with Gasteiger partial charge in [-0.3, -0.25) is 4.98 Å². The number of likely N-dealkylation sites (N-methyl/N-ethyl adjacent to an activating group) is 1. The predicted octanol–water partition coefficient (Wildman–Crippen LogP) is 3.64. The molecule has 2 rings (SSSR count). The Morgan fingerprint density at radius 1 is 1.35 bits per heavy atom. The molecule has 0 saturated carbocycles. The number of rotatable bonds is 6. The second-order valence-electron chi connectivity index (χ2n) is 4.56. The Bertz CT molecular complexity index is 545. The number of hydrogen-bond acceptors (Lipinski definition) is 3. The third-order valence-electron chi connectivity index (χ3n) is 3.18. The van der Waals surface area contributed by atoms with Crippen LogP contribution < -0.4 is 10.1 Å². The first-order valence-electron chi connectivity index (χ1n) is 6.70. The molecule has 0 saturated heterocycles.